The van der Waals surface area contributed by atoms with Gasteiger partial charge in [0.1, 0.15) is 0 Å². The standard InChI is InChI=1S/C16H15N5O/c22-16(20-11-15(12-20)21-10-7-17-18-21)13-3-5-14(6-4-13)19-8-1-2-9-19/h1-10,15H,11-12H2. The lowest BCUT2D eigenvalue weighted by atomic mass is 10.1. The first-order valence-corrected chi connectivity index (χ1v) is 7.20. The van der Waals surface area contributed by atoms with Gasteiger partial charge in [-0.1, -0.05) is 5.21 Å². The molecule has 3 aromatic rings. The van der Waals surface area contributed by atoms with Crippen LogP contribution in [0.4, 0.5) is 0 Å². The second-order valence-electron chi connectivity index (χ2n) is 5.38. The molecule has 0 saturated carbocycles. The van der Waals surface area contributed by atoms with E-state index in [1.54, 1.807) is 10.9 Å². The molecule has 0 bridgehead atoms. The van der Waals surface area contributed by atoms with E-state index in [2.05, 4.69) is 10.3 Å². The molecule has 0 aliphatic carbocycles. The molecule has 1 saturated heterocycles. The van der Waals surface area contributed by atoms with Gasteiger partial charge in [-0.3, -0.25) is 4.79 Å². The Morgan fingerprint density at radius 1 is 1.05 bits per heavy atom. The minimum Gasteiger partial charge on any atom is -0.334 e. The fraction of sp³-hybridized carbons (Fsp3) is 0.188. The minimum atomic E-state index is 0.0652. The molecule has 0 atom stereocenters. The summed E-state index contributed by atoms with van der Waals surface area (Å²) in [5.74, 6) is 0.0652. The Morgan fingerprint density at radius 3 is 2.41 bits per heavy atom. The maximum Gasteiger partial charge on any atom is 0.254 e. The molecule has 0 N–H and O–H groups in total. The van der Waals surface area contributed by atoms with Crippen LogP contribution in [0.15, 0.2) is 61.2 Å². The fourth-order valence-corrected chi connectivity index (χ4v) is 2.67. The predicted octanol–water partition coefficient (Wildman–Crippen LogP) is 1.77. The first-order valence-electron chi connectivity index (χ1n) is 7.20. The summed E-state index contributed by atoms with van der Waals surface area (Å²) in [6.07, 6.45) is 7.45. The average molecular weight is 293 g/mol. The summed E-state index contributed by atoms with van der Waals surface area (Å²) < 4.78 is 3.82. The monoisotopic (exact) mass is 293 g/mol. The molecule has 6 heteroatoms. The summed E-state index contributed by atoms with van der Waals surface area (Å²) in [6.45, 7) is 1.36. The largest absolute Gasteiger partial charge is 0.334 e. The smallest absolute Gasteiger partial charge is 0.254 e. The van der Waals surface area contributed by atoms with Crippen LogP contribution in [0.2, 0.25) is 0 Å². The lowest BCUT2D eigenvalue weighted by Crippen LogP contribution is -2.50. The zero-order valence-corrected chi connectivity index (χ0v) is 11.9. The third-order valence-corrected chi connectivity index (χ3v) is 3.98. The predicted molar refractivity (Wildman–Crippen MR) is 80.7 cm³/mol. The molecule has 0 radical (unpaired) electrons. The van der Waals surface area contributed by atoms with E-state index >= 15 is 0 Å². The quantitative estimate of drug-likeness (QED) is 0.739. The third-order valence-electron chi connectivity index (χ3n) is 3.98. The van der Waals surface area contributed by atoms with Crippen LogP contribution >= 0.6 is 0 Å². The summed E-state index contributed by atoms with van der Waals surface area (Å²) in [4.78, 5) is 14.2. The summed E-state index contributed by atoms with van der Waals surface area (Å²) in [5, 5.41) is 7.77. The molecule has 1 amide bonds. The first-order chi connectivity index (χ1) is 10.8. The van der Waals surface area contributed by atoms with Crippen molar-refractivity contribution in [1.82, 2.24) is 24.5 Å². The van der Waals surface area contributed by atoms with Gasteiger partial charge in [0.05, 0.1) is 12.2 Å². The molecule has 1 aliphatic rings. The van der Waals surface area contributed by atoms with E-state index in [0.29, 0.717) is 18.7 Å². The van der Waals surface area contributed by atoms with Crippen LogP contribution in [0.25, 0.3) is 5.69 Å². The summed E-state index contributed by atoms with van der Waals surface area (Å²) >= 11 is 0. The van der Waals surface area contributed by atoms with Gasteiger partial charge in [0.2, 0.25) is 0 Å². The number of carbonyl (C=O) groups is 1. The Morgan fingerprint density at radius 2 is 1.77 bits per heavy atom. The van der Waals surface area contributed by atoms with Crippen molar-refractivity contribution in [1.29, 1.82) is 0 Å². The lowest BCUT2D eigenvalue weighted by Gasteiger charge is -2.38. The molecule has 0 unspecified atom stereocenters. The van der Waals surface area contributed by atoms with Gasteiger partial charge in [0.25, 0.3) is 5.91 Å². The third kappa shape index (κ3) is 2.18. The van der Waals surface area contributed by atoms with Gasteiger partial charge < -0.3 is 9.47 Å². The fourth-order valence-electron chi connectivity index (χ4n) is 2.67. The highest BCUT2D eigenvalue weighted by molar-refractivity contribution is 5.95. The zero-order chi connectivity index (χ0) is 14.9. The topological polar surface area (TPSA) is 56.0 Å². The highest BCUT2D eigenvalue weighted by atomic mass is 16.2. The number of amides is 1. The number of benzene rings is 1. The van der Waals surface area contributed by atoms with Gasteiger partial charge in [0, 0.05) is 42.9 Å². The number of carbonyl (C=O) groups excluding carboxylic acids is 1. The molecule has 2 aromatic heterocycles. The van der Waals surface area contributed by atoms with Crippen molar-refractivity contribution in [2.24, 2.45) is 0 Å². The molecule has 6 nitrogen and oxygen atoms in total. The molecule has 3 heterocycles. The van der Waals surface area contributed by atoms with Crippen molar-refractivity contribution in [2.45, 2.75) is 6.04 Å². The Hall–Kier alpha value is -2.89. The Labute approximate surface area is 127 Å². The van der Waals surface area contributed by atoms with Crippen LogP contribution in [0, 0.1) is 0 Å². The van der Waals surface area contributed by atoms with Crippen molar-refractivity contribution in [3.05, 3.63) is 66.7 Å². The van der Waals surface area contributed by atoms with E-state index in [1.165, 1.54) is 0 Å². The van der Waals surface area contributed by atoms with E-state index in [1.807, 2.05) is 64.5 Å². The summed E-state index contributed by atoms with van der Waals surface area (Å²) in [6, 6.07) is 11.9. The minimum absolute atomic E-state index is 0.0652. The van der Waals surface area contributed by atoms with Crippen LogP contribution in [0.1, 0.15) is 16.4 Å². The van der Waals surface area contributed by atoms with Gasteiger partial charge >= 0.3 is 0 Å². The van der Waals surface area contributed by atoms with E-state index in [0.717, 1.165) is 5.69 Å². The molecule has 1 aromatic carbocycles. The van der Waals surface area contributed by atoms with Crippen LogP contribution in [0.3, 0.4) is 0 Å². The van der Waals surface area contributed by atoms with Crippen molar-refractivity contribution in [3.63, 3.8) is 0 Å². The normalized spacial score (nSPS) is 14.8. The number of hydrogen-bond donors (Lipinski definition) is 0. The van der Waals surface area contributed by atoms with E-state index in [-0.39, 0.29) is 11.9 Å². The van der Waals surface area contributed by atoms with Crippen molar-refractivity contribution in [2.75, 3.05) is 13.1 Å². The molecule has 1 fully saturated rings. The van der Waals surface area contributed by atoms with Gasteiger partial charge in [-0.15, -0.1) is 5.10 Å². The van der Waals surface area contributed by atoms with E-state index in [9.17, 15) is 4.79 Å². The van der Waals surface area contributed by atoms with Crippen molar-refractivity contribution < 1.29 is 4.79 Å². The van der Waals surface area contributed by atoms with Crippen LogP contribution < -0.4 is 0 Å². The second kappa shape index (κ2) is 5.14. The molecule has 110 valence electrons. The molecule has 4 rings (SSSR count). The lowest BCUT2D eigenvalue weighted by molar-refractivity contribution is 0.0498. The van der Waals surface area contributed by atoms with E-state index < -0.39 is 0 Å². The van der Waals surface area contributed by atoms with Crippen molar-refractivity contribution >= 4 is 5.91 Å². The number of likely N-dealkylation sites (tertiary alicyclic amines) is 1. The zero-order valence-electron chi connectivity index (χ0n) is 11.9. The number of rotatable bonds is 3. The molecular weight excluding hydrogens is 278 g/mol. The summed E-state index contributed by atoms with van der Waals surface area (Å²) in [7, 11) is 0. The van der Waals surface area contributed by atoms with Crippen LogP contribution in [0.5, 0.6) is 0 Å². The molecule has 22 heavy (non-hydrogen) atoms. The van der Waals surface area contributed by atoms with Gasteiger partial charge in [-0.2, -0.15) is 0 Å². The number of hydrogen-bond acceptors (Lipinski definition) is 3. The molecular formula is C16H15N5O. The van der Waals surface area contributed by atoms with E-state index in [4.69, 9.17) is 0 Å². The van der Waals surface area contributed by atoms with Gasteiger partial charge in [0.15, 0.2) is 0 Å². The maximum atomic E-state index is 12.4. The Balaban J connectivity index is 1.43. The SMILES string of the molecule is O=C(c1ccc(-n2cccc2)cc1)N1CC(n2ccnn2)C1. The number of aromatic nitrogens is 4. The van der Waals surface area contributed by atoms with Gasteiger partial charge in [-0.25, -0.2) is 4.68 Å². The highest BCUT2D eigenvalue weighted by Gasteiger charge is 2.32. The summed E-state index contributed by atoms with van der Waals surface area (Å²) in [5.41, 5.74) is 1.76. The maximum absolute atomic E-state index is 12.4. The second-order valence-corrected chi connectivity index (χ2v) is 5.38. The van der Waals surface area contributed by atoms with Gasteiger partial charge in [-0.05, 0) is 36.4 Å². The highest BCUT2D eigenvalue weighted by Crippen LogP contribution is 2.22. The van der Waals surface area contributed by atoms with Crippen LogP contribution in [-0.4, -0.2) is 43.5 Å². The molecule has 0 spiro atoms. The molecule has 1 aliphatic heterocycles. The average Bonchev–Trinajstić information content (AvgIpc) is 3.19. The van der Waals surface area contributed by atoms with Crippen LogP contribution in [-0.2, 0) is 0 Å². The Kier molecular flexibility index (Phi) is 3.00. The first kappa shape index (κ1) is 12.8. The number of nitrogens with zero attached hydrogens (tertiary/aromatic N) is 5. The Bertz CT molecular complexity index is 755. The van der Waals surface area contributed by atoms with Crippen molar-refractivity contribution in [3.8, 4) is 5.69 Å².